The molecule has 0 fully saturated rings. The Hall–Kier alpha value is -3.64. The Morgan fingerprint density at radius 3 is 2.59 bits per heavy atom. The molecule has 1 aliphatic heterocycles. The average molecular weight is 507 g/mol. The minimum atomic E-state index is -4.20. The number of nitrogens with zero attached hydrogens (tertiary/aromatic N) is 1. The molecule has 12 heteroatoms. The largest absolute Gasteiger partial charge is 0.496 e. The van der Waals surface area contributed by atoms with Crippen molar-refractivity contribution in [2.45, 2.75) is 17.1 Å². The third-order valence-electron chi connectivity index (χ3n) is 5.18. The van der Waals surface area contributed by atoms with Crippen LogP contribution in [0.15, 0.2) is 46.7 Å². The first-order valence-electron chi connectivity index (χ1n) is 9.59. The topological polar surface area (TPSA) is 118 Å². The highest BCUT2D eigenvalue weighted by Crippen LogP contribution is 2.34. The fourth-order valence-electron chi connectivity index (χ4n) is 3.63. The summed E-state index contributed by atoms with van der Waals surface area (Å²) < 4.78 is 59.5. The molecule has 1 N–H and O–H groups in total. The van der Waals surface area contributed by atoms with Gasteiger partial charge in [0.2, 0.25) is 5.91 Å². The molecule has 176 valence electrons. The summed E-state index contributed by atoms with van der Waals surface area (Å²) >= 11 is 0.763. The zero-order valence-electron chi connectivity index (χ0n) is 17.4. The van der Waals surface area contributed by atoms with Gasteiger partial charge in [0.1, 0.15) is 22.3 Å². The number of carboxylic acids is 1. The van der Waals surface area contributed by atoms with E-state index >= 15 is 0 Å². The number of benzene rings is 2. The van der Waals surface area contributed by atoms with Crippen LogP contribution in [0.2, 0.25) is 0 Å². The fraction of sp³-hybridized carbons (Fsp3) is 0.136. The van der Waals surface area contributed by atoms with E-state index in [1.54, 1.807) is 0 Å². The molecule has 0 aliphatic carbocycles. The molecule has 3 aromatic rings. The molecule has 0 saturated heterocycles. The van der Waals surface area contributed by atoms with E-state index in [0.29, 0.717) is 4.90 Å². The van der Waals surface area contributed by atoms with Gasteiger partial charge in [0.25, 0.3) is 5.91 Å². The first kappa shape index (κ1) is 23.5. The predicted molar refractivity (Wildman–Crippen MR) is 117 cm³/mol. The molecule has 0 spiro atoms. The van der Waals surface area contributed by atoms with Crippen LogP contribution in [-0.4, -0.2) is 38.4 Å². The smallest absolute Gasteiger partial charge is 0.346 e. The van der Waals surface area contributed by atoms with Crippen LogP contribution in [0.3, 0.4) is 0 Å². The van der Waals surface area contributed by atoms with Gasteiger partial charge in [0.15, 0.2) is 9.84 Å². The molecular formula is C22H15F2NO7S2. The summed E-state index contributed by atoms with van der Waals surface area (Å²) in [5.74, 6) is -5.60. The number of thiophene rings is 1. The van der Waals surface area contributed by atoms with E-state index in [4.69, 9.17) is 4.74 Å². The first-order chi connectivity index (χ1) is 16.0. The number of hydrogen-bond acceptors (Lipinski definition) is 7. The number of aromatic carboxylic acids is 1. The van der Waals surface area contributed by atoms with Crippen molar-refractivity contribution in [3.8, 4) is 5.75 Å². The number of halogens is 2. The van der Waals surface area contributed by atoms with Gasteiger partial charge in [-0.15, -0.1) is 11.3 Å². The van der Waals surface area contributed by atoms with Crippen molar-refractivity contribution in [1.82, 2.24) is 0 Å². The second kappa shape index (κ2) is 8.61. The maximum Gasteiger partial charge on any atom is 0.346 e. The molecule has 2 aromatic carbocycles. The van der Waals surface area contributed by atoms with Crippen molar-refractivity contribution >= 4 is 44.6 Å². The SMILES string of the molecule is COc1ccc(F)cc1CS(=O)(=O)c1ccc(F)c(N2C(=O)Cc3csc(C(=O)O)c3C2=O)c1. The molecule has 0 radical (unpaired) electrons. The zero-order valence-corrected chi connectivity index (χ0v) is 19.0. The standard InChI is InChI=1S/C22H15F2NO7S2/c1-32-17-5-2-13(23)6-12(17)10-34(30,31)14-3-4-15(24)16(8-14)25-18(26)7-11-9-33-20(22(28)29)19(11)21(25)27/h2-6,8-9H,7,10H2,1H3,(H,28,29). The van der Waals surface area contributed by atoms with E-state index < -0.39 is 55.6 Å². The summed E-state index contributed by atoms with van der Waals surface area (Å²) in [5, 5.41) is 10.7. The second-order valence-electron chi connectivity index (χ2n) is 7.31. The fourth-order valence-corrected chi connectivity index (χ4v) is 5.90. The molecular weight excluding hydrogens is 492 g/mol. The predicted octanol–water partition coefficient (Wildman–Crippen LogP) is 3.44. The Balaban J connectivity index is 1.76. The lowest BCUT2D eigenvalue weighted by Gasteiger charge is -2.26. The highest BCUT2D eigenvalue weighted by Gasteiger charge is 2.38. The molecule has 0 saturated carbocycles. The van der Waals surface area contributed by atoms with E-state index in [-0.39, 0.29) is 33.7 Å². The number of carbonyl (C=O) groups is 3. The summed E-state index contributed by atoms with van der Waals surface area (Å²) in [4.78, 5) is 36.9. The summed E-state index contributed by atoms with van der Waals surface area (Å²) in [6.45, 7) is 0. The number of methoxy groups -OCH3 is 1. The second-order valence-corrected chi connectivity index (χ2v) is 10.2. The molecule has 0 unspecified atom stereocenters. The Kier molecular flexibility index (Phi) is 5.96. The number of ether oxygens (including phenoxy) is 1. The third kappa shape index (κ3) is 4.05. The lowest BCUT2D eigenvalue weighted by atomic mass is 10.0. The van der Waals surface area contributed by atoms with Crippen molar-refractivity contribution in [3.05, 3.63) is 75.0 Å². The summed E-state index contributed by atoms with van der Waals surface area (Å²) in [6.07, 6.45) is -0.359. The maximum absolute atomic E-state index is 14.7. The van der Waals surface area contributed by atoms with Gasteiger partial charge in [0, 0.05) is 5.56 Å². The van der Waals surface area contributed by atoms with Crippen molar-refractivity contribution in [1.29, 1.82) is 0 Å². The Morgan fingerprint density at radius 1 is 1.18 bits per heavy atom. The van der Waals surface area contributed by atoms with Gasteiger partial charge in [-0.25, -0.2) is 26.9 Å². The maximum atomic E-state index is 14.7. The molecule has 1 aromatic heterocycles. The van der Waals surface area contributed by atoms with Gasteiger partial charge in [-0.3, -0.25) is 9.59 Å². The Labute approximate surface area is 195 Å². The Morgan fingerprint density at radius 2 is 1.91 bits per heavy atom. The number of carboxylic acid groups (broad SMARTS) is 1. The number of imide groups is 1. The van der Waals surface area contributed by atoms with Crippen molar-refractivity contribution in [2.24, 2.45) is 0 Å². The van der Waals surface area contributed by atoms with Gasteiger partial charge in [-0.1, -0.05) is 0 Å². The lowest BCUT2D eigenvalue weighted by Crippen LogP contribution is -2.43. The monoisotopic (exact) mass is 507 g/mol. The van der Waals surface area contributed by atoms with Gasteiger partial charge in [-0.2, -0.15) is 0 Å². The number of rotatable bonds is 6. The Bertz CT molecular complexity index is 1460. The normalized spacial score (nSPS) is 13.7. The van der Waals surface area contributed by atoms with Crippen LogP contribution >= 0.6 is 11.3 Å². The molecule has 0 bridgehead atoms. The summed E-state index contributed by atoms with van der Waals surface area (Å²) in [6, 6.07) is 5.92. The van der Waals surface area contributed by atoms with E-state index in [1.165, 1.54) is 18.6 Å². The van der Waals surface area contributed by atoms with Crippen LogP contribution in [0.4, 0.5) is 14.5 Å². The van der Waals surface area contributed by atoms with Gasteiger partial charge >= 0.3 is 5.97 Å². The molecule has 8 nitrogen and oxygen atoms in total. The van der Waals surface area contributed by atoms with Crippen LogP contribution in [-0.2, 0) is 26.8 Å². The first-order valence-corrected chi connectivity index (χ1v) is 12.1. The molecule has 0 atom stereocenters. The van der Waals surface area contributed by atoms with Crippen LogP contribution in [0.5, 0.6) is 5.75 Å². The minimum absolute atomic E-state index is 0.0208. The highest BCUT2D eigenvalue weighted by molar-refractivity contribution is 7.90. The lowest BCUT2D eigenvalue weighted by molar-refractivity contribution is -0.117. The van der Waals surface area contributed by atoms with Crippen molar-refractivity contribution in [2.75, 3.05) is 12.0 Å². The molecule has 1 aliphatic rings. The zero-order chi connectivity index (χ0) is 24.8. The summed E-state index contributed by atoms with van der Waals surface area (Å²) in [5.41, 5.74) is -0.645. The van der Waals surface area contributed by atoms with Crippen LogP contribution < -0.4 is 9.64 Å². The number of amides is 2. The quantitative estimate of drug-likeness (QED) is 0.401. The summed E-state index contributed by atoms with van der Waals surface area (Å²) in [7, 11) is -2.91. The van der Waals surface area contributed by atoms with E-state index in [9.17, 15) is 36.7 Å². The van der Waals surface area contributed by atoms with Crippen LogP contribution in [0, 0.1) is 11.6 Å². The molecule has 4 rings (SSSR count). The number of carbonyl (C=O) groups excluding carboxylic acids is 2. The van der Waals surface area contributed by atoms with Crippen molar-refractivity contribution in [3.63, 3.8) is 0 Å². The van der Waals surface area contributed by atoms with E-state index in [0.717, 1.165) is 41.7 Å². The van der Waals surface area contributed by atoms with Crippen LogP contribution in [0.1, 0.15) is 31.2 Å². The third-order valence-corrected chi connectivity index (χ3v) is 7.86. The minimum Gasteiger partial charge on any atom is -0.496 e. The van der Waals surface area contributed by atoms with E-state index in [1.807, 2.05) is 0 Å². The molecule has 2 amide bonds. The molecule has 2 heterocycles. The highest BCUT2D eigenvalue weighted by atomic mass is 32.2. The number of sulfone groups is 1. The van der Waals surface area contributed by atoms with Crippen LogP contribution in [0.25, 0.3) is 0 Å². The van der Waals surface area contributed by atoms with Gasteiger partial charge in [0.05, 0.1) is 35.4 Å². The number of hydrogen-bond donors (Lipinski definition) is 1. The van der Waals surface area contributed by atoms with Crippen molar-refractivity contribution < 1.29 is 41.4 Å². The van der Waals surface area contributed by atoms with Gasteiger partial charge < -0.3 is 9.84 Å². The van der Waals surface area contributed by atoms with Gasteiger partial charge in [-0.05, 0) is 47.3 Å². The average Bonchev–Trinajstić information content (AvgIpc) is 3.19. The number of anilines is 1. The van der Waals surface area contributed by atoms with E-state index in [2.05, 4.69) is 0 Å². The number of fused-ring (bicyclic) bond motifs is 1. The molecule has 34 heavy (non-hydrogen) atoms.